The minimum absolute atomic E-state index is 1.14. The second-order valence-corrected chi connectivity index (χ2v) is 8.71. The monoisotopic (exact) mass is 283 g/mol. The molecule has 0 atom stereocenters. The molecule has 0 radical (unpaired) electrons. The maximum atomic E-state index is 6.13. The van der Waals surface area contributed by atoms with Crippen LogP contribution >= 0.6 is 6.04 Å². The van der Waals surface area contributed by atoms with Crippen LogP contribution < -0.4 is 16.0 Å². The molecule has 0 aliphatic rings. The van der Waals surface area contributed by atoms with Gasteiger partial charge in [0.15, 0.2) is 0 Å². The van der Waals surface area contributed by atoms with E-state index in [-0.39, 0.29) is 0 Å². The smallest absolute Gasteiger partial charge is 0.0570 e. The van der Waals surface area contributed by atoms with Gasteiger partial charge in [-0.2, -0.15) is 0 Å². The zero-order chi connectivity index (χ0) is 13.1. The number of H-pyrrole nitrogens is 1. The Morgan fingerprint density at radius 3 is 1.63 bits per heavy atom. The van der Waals surface area contributed by atoms with Gasteiger partial charge in [0.1, 0.15) is 0 Å². The Bertz CT molecular complexity index is 647. The lowest BCUT2D eigenvalue weighted by Crippen LogP contribution is -2.25. The van der Waals surface area contributed by atoms with Crippen LogP contribution in [-0.4, -0.2) is 4.98 Å². The van der Waals surface area contributed by atoms with Crippen molar-refractivity contribution in [1.82, 2.24) is 4.98 Å². The zero-order valence-corrected chi connectivity index (χ0v) is 12.1. The molecule has 0 saturated carbocycles. The predicted molar refractivity (Wildman–Crippen MR) is 86.9 cm³/mol. The molecule has 1 N–H and O–H groups in total. The fourth-order valence-electron chi connectivity index (χ4n) is 2.22. The van der Waals surface area contributed by atoms with Gasteiger partial charge in [-0.15, -0.1) is 0 Å². The summed E-state index contributed by atoms with van der Waals surface area (Å²) in [4.78, 5) is 3.32. The molecule has 0 aliphatic heterocycles. The van der Waals surface area contributed by atoms with Crippen LogP contribution in [0.1, 0.15) is 0 Å². The fourth-order valence-corrected chi connectivity index (χ4v) is 5.88. The van der Waals surface area contributed by atoms with Gasteiger partial charge in [-0.05, 0) is 22.7 Å². The molecule has 0 amide bonds. The molecule has 3 aromatic rings. The van der Waals surface area contributed by atoms with E-state index in [4.69, 9.17) is 11.8 Å². The first kappa shape index (κ1) is 12.4. The SMILES string of the molecule is S=P(c1ccccc1)(c1ccccc1)c1ccc[nH]1. The number of rotatable bonds is 3. The molecule has 3 heteroatoms. The summed E-state index contributed by atoms with van der Waals surface area (Å²) in [6.07, 6.45) is 1.95. The summed E-state index contributed by atoms with van der Waals surface area (Å²) in [7, 11) is 0. The van der Waals surface area contributed by atoms with Crippen LogP contribution in [0, 0.1) is 0 Å². The first-order chi connectivity index (χ1) is 9.32. The highest BCUT2D eigenvalue weighted by atomic mass is 32.4. The van der Waals surface area contributed by atoms with Gasteiger partial charge in [0.2, 0.25) is 0 Å². The van der Waals surface area contributed by atoms with Crippen LogP contribution in [0.3, 0.4) is 0 Å². The third kappa shape index (κ3) is 2.18. The topological polar surface area (TPSA) is 15.8 Å². The van der Waals surface area contributed by atoms with Crippen LogP contribution in [0.4, 0.5) is 0 Å². The van der Waals surface area contributed by atoms with Crippen molar-refractivity contribution < 1.29 is 0 Å². The molecule has 1 heterocycles. The van der Waals surface area contributed by atoms with Crippen molar-refractivity contribution in [3.8, 4) is 0 Å². The normalized spacial score (nSPS) is 11.4. The molecule has 0 unspecified atom stereocenters. The second-order valence-electron chi connectivity index (χ2n) is 4.34. The van der Waals surface area contributed by atoms with Crippen LogP contribution in [0.5, 0.6) is 0 Å². The highest BCUT2D eigenvalue weighted by Gasteiger charge is 2.24. The maximum Gasteiger partial charge on any atom is 0.0570 e. The molecular weight excluding hydrogens is 269 g/mol. The first-order valence-corrected chi connectivity index (χ1v) is 8.97. The number of nitrogens with one attached hydrogen (secondary N) is 1. The lowest BCUT2D eigenvalue weighted by atomic mass is 10.4. The second kappa shape index (κ2) is 5.16. The number of aromatic nitrogens is 1. The van der Waals surface area contributed by atoms with Crippen LogP contribution in [-0.2, 0) is 11.8 Å². The largest absolute Gasteiger partial charge is 0.360 e. The van der Waals surface area contributed by atoms with Gasteiger partial charge in [0.25, 0.3) is 0 Å². The molecule has 0 spiro atoms. The Balaban J connectivity index is 2.26. The summed E-state index contributed by atoms with van der Waals surface area (Å²) in [6, 6.07) is 23.0. The number of hydrogen-bond acceptors (Lipinski definition) is 1. The average Bonchev–Trinajstić information content (AvgIpc) is 3.03. The first-order valence-electron chi connectivity index (χ1n) is 6.17. The van der Waals surface area contributed by atoms with Gasteiger partial charge in [-0.1, -0.05) is 72.5 Å². The van der Waals surface area contributed by atoms with E-state index in [9.17, 15) is 0 Å². The van der Waals surface area contributed by atoms with E-state index in [2.05, 4.69) is 59.6 Å². The summed E-state index contributed by atoms with van der Waals surface area (Å²) in [5, 5.41) is 2.44. The third-order valence-corrected chi connectivity index (χ3v) is 8.02. The molecule has 2 aromatic carbocycles. The van der Waals surface area contributed by atoms with Gasteiger partial charge in [-0.25, -0.2) is 0 Å². The van der Waals surface area contributed by atoms with E-state index < -0.39 is 6.04 Å². The Hall–Kier alpha value is -1.63. The van der Waals surface area contributed by atoms with Crippen molar-refractivity contribution in [2.75, 3.05) is 0 Å². The zero-order valence-electron chi connectivity index (χ0n) is 10.4. The summed E-state index contributed by atoms with van der Waals surface area (Å²) >= 11 is 6.13. The number of aromatic amines is 1. The Labute approximate surface area is 118 Å². The van der Waals surface area contributed by atoms with Crippen molar-refractivity contribution in [3.05, 3.63) is 79.0 Å². The summed E-state index contributed by atoms with van der Waals surface area (Å²) in [5.74, 6) is 0. The lowest BCUT2D eigenvalue weighted by molar-refractivity contribution is 1.47. The minimum atomic E-state index is -1.95. The van der Waals surface area contributed by atoms with Gasteiger partial charge in [0.05, 0.1) is 11.5 Å². The molecule has 0 bridgehead atoms. The lowest BCUT2D eigenvalue weighted by Gasteiger charge is -2.22. The maximum absolute atomic E-state index is 6.13. The molecule has 0 saturated heterocycles. The number of hydrogen-bond donors (Lipinski definition) is 1. The van der Waals surface area contributed by atoms with Crippen molar-refractivity contribution in [3.63, 3.8) is 0 Å². The fraction of sp³-hybridized carbons (Fsp3) is 0. The average molecular weight is 283 g/mol. The quantitative estimate of drug-likeness (QED) is 0.731. The van der Waals surface area contributed by atoms with Crippen molar-refractivity contribution in [1.29, 1.82) is 0 Å². The third-order valence-electron chi connectivity index (χ3n) is 3.16. The Morgan fingerprint density at radius 1 is 0.684 bits per heavy atom. The number of benzene rings is 2. The van der Waals surface area contributed by atoms with Crippen molar-refractivity contribution in [2.45, 2.75) is 0 Å². The van der Waals surface area contributed by atoms with Crippen LogP contribution in [0.25, 0.3) is 0 Å². The van der Waals surface area contributed by atoms with E-state index in [1.54, 1.807) is 0 Å². The summed E-state index contributed by atoms with van der Waals surface area (Å²) in [6.45, 7) is 0. The minimum Gasteiger partial charge on any atom is -0.360 e. The van der Waals surface area contributed by atoms with Crippen molar-refractivity contribution in [2.24, 2.45) is 0 Å². The molecule has 94 valence electrons. The molecule has 3 rings (SSSR count). The molecule has 1 aromatic heterocycles. The molecule has 1 nitrogen and oxygen atoms in total. The van der Waals surface area contributed by atoms with Gasteiger partial charge < -0.3 is 4.98 Å². The highest BCUT2D eigenvalue weighted by molar-refractivity contribution is 8.25. The summed E-state index contributed by atoms with van der Waals surface area (Å²) < 4.78 is 0. The Kier molecular flexibility index (Phi) is 3.37. The Morgan fingerprint density at radius 2 is 1.21 bits per heavy atom. The molecule has 19 heavy (non-hydrogen) atoms. The van der Waals surface area contributed by atoms with Crippen LogP contribution in [0.15, 0.2) is 79.0 Å². The molecule has 0 fully saturated rings. The van der Waals surface area contributed by atoms with Gasteiger partial charge in [0, 0.05) is 6.20 Å². The predicted octanol–water partition coefficient (Wildman–Crippen LogP) is 2.77. The van der Waals surface area contributed by atoms with Gasteiger partial charge >= 0.3 is 0 Å². The van der Waals surface area contributed by atoms with Crippen molar-refractivity contribution >= 4 is 33.9 Å². The van der Waals surface area contributed by atoms with E-state index in [1.807, 2.05) is 24.4 Å². The van der Waals surface area contributed by atoms with E-state index in [1.165, 1.54) is 10.6 Å². The molecular formula is C16H14NPS. The van der Waals surface area contributed by atoms with Crippen LogP contribution in [0.2, 0.25) is 0 Å². The van der Waals surface area contributed by atoms with E-state index in [0.717, 1.165) is 5.44 Å². The highest BCUT2D eigenvalue weighted by Crippen LogP contribution is 2.41. The van der Waals surface area contributed by atoms with E-state index in [0.29, 0.717) is 0 Å². The standard InChI is InChI=1S/C16H14NPS/c19-18(16-12-7-13-17-16,14-8-3-1-4-9-14)15-10-5-2-6-11-15/h1-13,17H. The summed E-state index contributed by atoms with van der Waals surface area (Å²) in [5.41, 5.74) is 1.14. The van der Waals surface area contributed by atoms with Gasteiger partial charge in [-0.3, -0.25) is 0 Å². The molecule has 0 aliphatic carbocycles. The van der Waals surface area contributed by atoms with E-state index >= 15 is 0 Å².